The third-order valence-electron chi connectivity index (χ3n) is 3.95. The largest absolute Gasteiger partial charge is 0.459 e. The molecule has 2 N–H and O–H groups in total. The first-order valence-electron chi connectivity index (χ1n) is 6.72. The van der Waals surface area contributed by atoms with Gasteiger partial charge in [0.15, 0.2) is 0 Å². The fraction of sp³-hybridized carbons (Fsp3) is 0.500. The smallest absolute Gasteiger partial charge is 0.134 e. The molecule has 2 nitrogen and oxygen atoms in total. The van der Waals surface area contributed by atoms with E-state index in [-0.39, 0.29) is 11.5 Å². The zero-order valence-electron chi connectivity index (χ0n) is 12.0. The van der Waals surface area contributed by atoms with Crippen LogP contribution in [0.25, 0.3) is 11.0 Å². The van der Waals surface area contributed by atoms with Crippen molar-refractivity contribution in [3.63, 3.8) is 0 Å². The van der Waals surface area contributed by atoms with E-state index >= 15 is 0 Å². The van der Waals surface area contributed by atoms with E-state index in [4.69, 9.17) is 21.8 Å². The lowest BCUT2D eigenvalue weighted by atomic mass is 9.78. The molecule has 2 aromatic rings. The van der Waals surface area contributed by atoms with E-state index in [1.807, 2.05) is 24.3 Å². The van der Waals surface area contributed by atoms with E-state index < -0.39 is 0 Å². The van der Waals surface area contributed by atoms with Gasteiger partial charge in [-0.25, -0.2) is 0 Å². The number of hydrogen-bond donors (Lipinski definition) is 1. The fourth-order valence-corrected chi connectivity index (χ4v) is 2.25. The van der Waals surface area contributed by atoms with E-state index in [0.29, 0.717) is 5.92 Å². The van der Waals surface area contributed by atoms with Crippen LogP contribution in [-0.2, 0) is 0 Å². The quantitative estimate of drug-likeness (QED) is 0.843. The van der Waals surface area contributed by atoms with Crippen LogP contribution in [0.2, 0.25) is 5.02 Å². The van der Waals surface area contributed by atoms with Gasteiger partial charge in [0.2, 0.25) is 0 Å². The van der Waals surface area contributed by atoms with Gasteiger partial charge in [-0.1, -0.05) is 39.3 Å². The fourth-order valence-electron chi connectivity index (χ4n) is 2.07. The number of fused-ring (bicyclic) bond motifs is 1. The molecule has 2 rings (SSSR count). The third-order valence-corrected chi connectivity index (χ3v) is 4.18. The summed E-state index contributed by atoms with van der Waals surface area (Å²) in [5.41, 5.74) is 7.37. The highest BCUT2D eigenvalue weighted by atomic mass is 35.5. The molecule has 0 spiro atoms. The van der Waals surface area contributed by atoms with Crippen LogP contribution in [0.5, 0.6) is 0 Å². The highest BCUT2D eigenvalue weighted by Crippen LogP contribution is 2.34. The molecule has 1 heterocycles. The average Bonchev–Trinajstić information content (AvgIpc) is 2.70. The molecule has 1 aromatic heterocycles. The maximum absolute atomic E-state index is 6.27. The Bertz CT molecular complexity index is 568. The Labute approximate surface area is 119 Å². The van der Waals surface area contributed by atoms with Gasteiger partial charge in [-0.15, -0.1) is 0 Å². The molecule has 2 atom stereocenters. The summed E-state index contributed by atoms with van der Waals surface area (Å²) in [4.78, 5) is 0. The first-order chi connectivity index (χ1) is 8.77. The van der Waals surface area contributed by atoms with Gasteiger partial charge in [-0.2, -0.15) is 0 Å². The molecule has 0 saturated carbocycles. The van der Waals surface area contributed by atoms with Crippen molar-refractivity contribution < 1.29 is 4.42 Å². The molecule has 0 aliphatic heterocycles. The molecule has 0 saturated heterocycles. The van der Waals surface area contributed by atoms with Crippen LogP contribution >= 0.6 is 11.6 Å². The molecule has 0 bridgehead atoms. The van der Waals surface area contributed by atoms with Gasteiger partial charge in [0, 0.05) is 10.4 Å². The number of hydrogen-bond acceptors (Lipinski definition) is 2. The van der Waals surface area contributed by atoms with Crippen molar-refractivity contribution in [2.24, 2.45) is 17.1 Å². The minimum Gasteiger partial charge on any atom is -0.459 e. The van der Waals surface area contributed by atoms with Gasteiger partial charge >= 0.3 is 0 Å². The van der Waals surface area contributed by atoms with Gasteiger partial charge in [0.25, 0.3) is 0 Å². The lowest BCUT2D eigenvalue weighted by Crippen LogP contribution is -2.22. The zero-order chi connectivity index (χ0) is 14.2. The van der Waals surface area contributed by atoms with E-state index in [1.165, 1.54) is 0 Å². The summed E-state index contributed by atoms with van der Waals surface area (Å²) < 4.78 is 5.81. The Kier molecular flexibility index (Phi) is 3.93. The average molecular weight is 280 g/mol. The van der Waals surface area contributed by atoms with Crippen LogP contribution < -0.4 is 5.73 Å². The van der Waals surface area contributed by atoms with E-state index in [9.17, 15) is 0 Å². The number of furan rings is 1. The van der Waals surface area contributed by atoms with Crippen LogP contribution in [0.15, 0.2) is 28.7 Å². The SMILES string of the molecule is CC(CC(N)c1cc2cc(Cl)ccc2o1)C(C)(C)C. The van der Waals surface area contributed by atoms with Crippen LogP contribution in [0, 0.1) is 11.3 Å². The second-order valence-electron chi connectivity index (χ2n) is 6.44. The summed E-state index contributed by atoms with van der Waals surface area (Å²) in [6.07, 6.45) is 0.914. The highest BCUT2D eigenvalue weighted by molar-refractivity contribution is 6.31. The van der Waals surface area contributed by atoms with Crippen LogP contribution in [0.1, 0.15) is 45.9 Å². The van der Waals surface area contributed by atoms with Gasteiger partial charge < -0.3 is 10.2 Å². The number of benzene rings is 1. The van der Waals surface area contributed by atoms with E-state index in [0.717, 1.165) is 28.2 Å². The normalized spacial score (nSPS) is 15.7. The molecule has 104 valence electrons. The summed E-state index contributed by atoms with van der Waals surface area (Å²) in [6, 6.07) is 7.56. The zero-order valence-corrected chi connectivity index (χ0v) is 12.8. The lowest BCUT2D eigenvalue weighted by Gasteiger charge is -2.28. The Hall–Kier alpha value is -0.990. The predicted molar refractivity (Wildman–Crippen MR) is 81.4 cm³/mol. The van der Waals surface area contributed by atoms with Crippen molar-refractivity contribution in [3.05, 3.63) is 35.0 Å². The number of halogens is 1. The minimum atomic E-state index is -0.0691. The van der Waals surface area contributed by atoms with Crippen LogP contribution in [0.4, 0.5) is 0 Å². The van der Waals surface area contributed by atoms with Crippen LogP contribution in [-0.4, -0.2) is 0 Å². The molecular formula is C16H22ClNO. The molecule has 1 aromatic carbocycles. The molecule has 0 radical (unpaired) electrons. The topological polar surface area (TPSA) is 39.2 Å². The van der Waals surface area contributed by atoms with Gasteiger partial charge in [0.05, 0.1) is 6.04 Å². The van der Waals surface area contributed by atoms with E-state index in [1.54, 1.807) is 0 Å². The minimum absolute atomic E-state index is 0.0691. The third kappa shape index (κ3) is 3.31. The van der Waals surface area contributed by atoms with Crippen molar-refractivity contribution >= 4 is 22.6 Å². The second kappa shape index (κ2) is 5.18. The Morgan fingerprint density at radius 2 is 1.95 bits per heavy atom. The summed E-state index contributed by atoms with van der Waals surface area (Å²) in [7, 11) is 0. The predicted octanol–water partition coefficient (Wildman–Crippen LogP) is 5.16. The molecule has 3 heteroatoms. The molecule has 0 amide bonds. The first-order valence-corrected chi connectivity index (χ1v) is 7.10. The number of nitrogens with two attached hydrogens (primary N) is 1. The van der Waals surface area contributed by atoms with Gasteiger partial charge in [0.1, 0.15) is 11.3 Å². The number of rotatable bonds is 3. The second-order valence-corrected chi connectivity index (χ2v) is 6.88. The maximum atomic E-state index is 6.27. The van der Waals surface area contributed by atoms with Crippen molar-refractivity contribution in [2.45, 2.75) is 40.2 Å². The van der Waals surface area contributed by atoms with Gasteiger partial charge in [-0.3, -0.25) is 0 Å². The summed E-state index contributed by atoms with van der Waals surface area (Å²) in [6.45, 7) is 8.95. The summed E-state index contributed by atoms with van der Waals surface area (Å²) in [5.74, 6) is 1.37. The van der Waals surface area contributed by atoms with Crippen LogP contribution in [0.3, 0.4) is 0 Å². The summed E-state index contributed by atoms with van der Waals surface area (Å²) in [5, 5.41) is 1.73. The Morgan fingerprint density at radius 3 is 2.58 bits per heavy atom. The maximum Gasteiger partial charge on any atom is 0.134 e. The summed E-state index contributed by atoms with van der Waals surface area (Å²) >= 11 is 5.98. The molecule has 2 unspecified atom stereocenters. The lowest BCUT2D eigenvalue weighted by molar-refractivity contribution is 0.228. The van der Waals surface area contributed by atoms with Crippen molar-refractivity contribution in [3.8, 4) is 0 Å². The molecule has 0 aliphatic carbocycles. The highest BCUT2D eigenvalue weighted by Gasteiger charge is 2.24. The first kappa shape index (κ1) is 14.4. The standard InChI is InChI=1S/C16H22ClNO/c1-10(16(2,3)4)7-13(18)15-9-11-8-12(17)5-6-14(11)19-15/h5-6,8-10,13H,7,18H2,1-4H3. The monoisotopic (exact) mass is 279 g/mol. The Morgan fingerprint density at radius 1 is 1.26 bits per heavy atom. The van der Waals surface area contributed by atoms with Crippen molar-refractivity contribution in [1.29, 1.82) is 0 Å². The molecule has 0 aliphatic rings. The van der Waals surface area contributed by atoms with Crippen molar-refractivity contribution in [1.82, 2.24) is 0 Å². The molecule has 19 heavy (non-hydrogen) atoms. The van der Waals surface area contributed by atoms with E-state index in [2.05, 4.69) is 27.7 Å². The van der Waals surface area contributed by atoms with Crippen molar-refractivity contribution in [2.75, 3.05) is 0 Å². The van der Waals surface area contributed by atoms with Gasteiger partial charge in [-0.05, 0) is 42.0 Å². The molecule has 0 fully saturated rings. The Balaban J connectivity index is 2.20. The molecular weight excluding hydrogens is 258 g/mol.